The SMILES string of the molecule is C[C@@H]1[C@@H]2CN(C(=O)[C@H](C(C)(C)C)NC(=O)O[C@@H]3C[C@H]3CCCCCc3nc4ccc(OC5CC5)cc4nc3O2)[C@@H]1C=O. The summed E-state index contributed by atoms with van der Waals surface area (Å²) < 4.78 is 18.2. The van der Waals surface area contributed by atoms with Gasteiger partial charge in [-0.15, -0.1) is 0 Å². The predicted octanol–water partition coefficient (Wildman–Crippen LogP) is 4.61. The van der Waals surface area contributed by atoms with Gasteiger partial charge in [-0.25, -0.2) is 14.8 Å². The highest BCUT2D eigenvalue weighted by molar-refractivity contribution is 5.89. The smallest absolute Gasteiger partial charge is 0.408 e. The summed E-state index contributed by atoms with van der Waals surface area (Å²) in [6.07, 6.45) is 7.56. The van der Waals surface area contributed by atoms with Gasteiger partial charge in [-0.05, 0) is 62.0 Å². The number of hydrogen-bond donors (Lipinski definition) is 1. The summed E-state index contributed by atoms with van der Waals surface area (Å²) in [5, 5.41) is 2.83. The Morgan fingerprint density at radius 3 is 2.57 bits per heavy atom. The molecule has 1 aromatic heterocycles. The van der Waals surface area contributed by atoms with Gasteiger partial charge in [-0.3, -0.25) is 4.79 Å². The van der Waals surface area contributed by atoms with Crippen LogP contribution in [-0.2, 0) is 20.7 Å². The summed E-state index contributed by atoms with van der Waals surface area (Å²) in [5.41, 5.74) is 1.65. The van der Waals surface area contributed by atoms with Crippen molar-refractivity contribution in [2.24, 2.45) is 17.3 Å². The van der Waals surface area contributed by atoms with Crippen molar-refractivity contribution in [2.45, 2.75) is 109 Å². The Hall–Kier alpha value is -3.43. The minimum Gasteiger partial charge on any atom is -0.490 e. The molecule has 2 aromatic rings. The monoisotopic (exact) mass is 578 g/mol. The normalized spacial score (nSPS) is 30.6. The molecular weight excluding hydrogens is 536 g/mol. The number of alkyl carbamates (subject to hydrolysis) is 1. The molecule has 4 aliphatic rings. The second-order valence-electron chi connectivity index (χ2n) is 13.6. The fourth-order valence-electron chi connectivity index (χ4n) is 6.12. The molecule has 0 spiro atoms. The molecule has 2 bridgehead atoms. The molecule has 1 aromatic carbocycles. The van der Waals surface area contributed by atoms with Gasteiger partial charge < -0.3 is 29.2 Å². The average molecular weight is 579 g/mol. The maximum absolute atomic E-state index is 13.9. The van der Waals surface area contributed by atoms with E-state index in [1.165, 1.54) is 4.90 Å². The highest BCUT2D eigenvalue weighted by atomic mass is 16.6. The summed E-state index contributed by atoms with van der Waals surface area (Å²) in [4.78, 5) is 50.5. The maximum Gasteiger partial charge on any atom is 0.408 e. The molecule has 0 radical (unpaired) electrons. The number of benzene rings is 1. The molecule has 10 nitrogen and oxygen atoms in total. The van der Waals surface area contributed by atoms with Crippen LogP contribution < -0.4 is 14.8 Å². The quantitative estimate of drug-likeness (QED) is 0.525. The fraction of sp³-hybridized carbons (Fsp3) is 0.656. The molecule has 3 fully saturated rings. The van der Waals surface area contributed by atoms with Crippen molar-refractivity contribution in [3.05, 3.63) is 23.9 Å². The van der Waals surface area contributed by atoms with Crippen LogP contribution in [0.2, 0.25) is 0 Å². The summed E-state index contributed by atoms with van der Waals surface area (Å²) in [5.74, 6) is 0.950. The number of nitrogens with zero attached hydrogens (tertiary/aromatic N) is 3. The van der Waals surface area contributed by atoms with Gasteiger partial charge in [0.05, 0.1) is 29.7 Å². The maximum atomic E-state index is 13.9. The van der Waals surface area contributed by atoms with Crippen LogP contribution in [0.1, 0.15) is 78.3 Å². The molecule has 2 aliphatic carbocycles. The average Bonchev–Trinajstić information content (AvgIpc) is 3.86. The highest BCUT2D eigenvalue weighted by Gasteiger charge is 2.48. The van der Waals surface area contributed by atoms with Crippen LogP contribution in [0.3, 0.4) is 0 Å². The third-order valence-corrected chi connectivity index (χ3v) is 9.03. The minimum atomic E-state index is -0.865. The van der Waals surface area contributed by atoms with Crippen LogP contribution in [0.4, 0.5) is 4.79 Å². The van der Waals surface area contributed by atoms with E-state index >= 15 is 0 Å². The third-order valence-electron chi connectivity index (χ3n) is 9.03. The number of ether oxygens (including phenoxy) is 3. The van der Waals surface area contributed by atoms with Gasteiger partial charge in [0.25, 0.3) is 0 Å². The fourth-order valence-corrected chi connectivity index (χ4v) is 6.12. The van der Waals surface area contributed by atoms with E-state index < -0.39 is 29.7 Å². The van der Waals surface area contributed by atoms with E-state index in [-0.39, 0.29) is 30.6 Å². The first kappa shape index (κ1) is 28.7. The Morgan fingerprint density at radius 1 is 1.02 bits per heavy atom. The zero-order valence-corrected chi connectivity index (χ0v) is 25.0. The first-order valence-corrected chi connectivity index (χ1v) is 15.5. The molecule has 6 atom stereocenters. The molecule has 1 N–H and O–H groups in total. The standard InChI is InChI=1S/C32H42N4O6/c1-18-25(17-37)36-16-27(18)41-29-23(33-22-13-12-21(15-24(22)34-29)40-20-10-11-20)9-7-5-6-8-19-14-26(19)42-31(39)35-28(30(36)38)32(2,3)4/h12-13,15,17-20,25-28H,5-11,14,16H2,1-4H3,(H,35,39)/t18-,19+,25+,26+,27-,28+/m0/s1. The Bertz CT molecular complexity index is 1350. The number of fused-ring (bicyclic) bond motifs is 5. The number of aryl methyl sites for hydroxylation is 1. The topological polar surface area (TPSA) is 120 Å². The first-order chi connectivity index (χ1) is 20.1. The van der Waals surface area contributed by atoms with Gasteiger partial charge in [0.2, 0.25) is 11.8 Å². The van der Waals surface area contributed by atoms with Crippen LogP contribution in [-0.4, -0.2) is 70.1 Å². The van der Waals surface area contributed by atoms with Crippen molar-refractivity contribution < 1.29 is 28.6 Å². The number of aldehydes is 1. The Balaban J connectivity index is 1.32. The van der Waals surface area contributed by atoms with Crippen molar-refractivity contribution in [3.8, 4) is 11.6 Å². The van der Waals surface area contributed by atoms with Gasteiger partial charge in [-0.2, -0.15) is 0 Å². The van der Waals surface area contributed by atoms with Crippen molar-refractivity contribution in [3.63, 3.8) is 0 Å². The van der Waals surface area contributed by atoms with E-state index in [1.807, 2.05) is 45.9 Å². The van der Waals surface area contributed by atoms with Crippen molar-refractivity contribution in [1.29, 1.82) is 0 Å². The number of carbonyl (C=O) groups is 3. The predicted molar refractivity (Wildman–Crippen MR) is 155 cm³/mol. The number of amides is 2. The van der Waals surface area contributed by atoms with E-state index in [4.69, 9.17) is 24.2 Å². The third kappa shape index (κ3) is 6.17. The molecule has 6 rings (SSSR count). The molecule has 2 aliphatic heterocycles. The number of hydrogen-bond acceptors (Lipinski definition) is 8. The Kier molecular flexibility index (Phi) is 7.74. The molecule has 226 valence electrons. The lowest BCUT2D eigenvalue weighted by molar-refractivity contribution is -0.139. The summed E-state index contributed by atoms with van der Waals surface area (Å²) >= 11 is 0. The highest BCUT2D eigenvalue weighted by Crippen LogP contribution is 2.39. The number of carbonyl (C=O) groups excluding carboxylic acids is 3. The number of aromatic nitrogens is 2. The molecule has 10 heteroatoms. The van der Waals surface area contributed by atoms with Crippen molar-refractivity contribution in [1.82, 2.24) is 20.2 Å². The summed E-state index contributed by atoms with van der Waals surface area (Å²) in [6.45, 7) is 7.79. The van der Waals surface area contributed by atoms with E-state index in [1.54, 1.807) is 0 Å². The van der Waals surface area contributed by atoms with Gasteiger partial charge in [0.1, 0.15) is 36.0 Å². The molecule has 42 heavy (non-hydrogen) atoms. The second-order valence-corrected chi connectivity index (χ2v) is 13.6. The van der Waals surface area contributed by atoms with Crippen molar-refractivity contribution >= 4 is 29.3 Å². The largest absolute Gasteiger partial charge is 0.490 e. The molecular formula is C32H42N4O6. The Labute approximate surface area is 246 Å². The van der Waals surface area contributed by atoms with Crippen LogP contribution >= 0.6 is 0 Å². The van der Waals surface area contributed by atoms with E-state index in [9.17, 15) is 14.4 Å². The van der Waals surface area contributed by atoms with Gasteiger partial charge in [0.15, 0.2) is 0 Å². The Morgan fingerprint density at radius 2 is 1.83 bits per heavy atom. The first-order valence-electron chi connectivity index (χ1n) is 15.5. The summed E-state index contributed by atoms with van der Waals surface area (Å²) in [7, 11) is 0. The molecule has 2 saturated carbocycles. The van der Waals surface area contributed by atoms with Gasteiger partial charge in [0, 0.05) is 12.0 Å². The minimum absolute atomic E-state index is 0.112. The zero-order chi connectivity index (χ0) is 29.6. The van der Waals surface area contributed by atoms with E-state index in [0.717, 1.165) is 68.2 Å². The van der Waals surface area contributed by atoms with Gasteiger partial charge >= 0.3 is 6.09 Å². The lowest BCUT2D eigenvalue weighted by Gasteiger charge is -2.34. The molecule has 3 heterocycles. The number of rotatable bonds is 3. The molecule has 0 unspecified atom stereocenters. The van der Waals surface area contributed by atoms with Crippen LogP contribution in [0, 0.1) is 17.3 Å². The number of nitrogens with one attached hydrogen (secondary N) is 1. The van der Waals surface area contributed by atoms with Crippen LogP contribution in [0.15, 0.2) is 18.2 Å². The lowest BCUT2D eigenvalue weighted by atomic mass is 9.85. The van der Waals surface area contributed by atoms with E-state index in [2.05, 4.69) is 5.32 Å². The van der Waals surface area contributed by atoms with Crippen LogP contribution in [0.5, 0.6) is 11.6 Å². The van der Waals surface area contributed by atoms with Crippen molar-refractivity contribution in [2.75, 3.05) is 6.54 Å². The van der Waals surface area contributed by atoms with Gasteiger partial charge in [-0.1, -0.05) is 40.5 Å². The molecule has 2 amide bonds. The van der Waals surface area contributed by atoms with E-state index in [0.29, 0.717) is 23.7 Å². The molecule has 1 saturated heterocycles. The lowest BCUT2D eigenvalue weighted by Crippen LogP contribution is -2.56. The second kappa shape index (κ2) is 11.3. The zero-order valence-electron chi connectivity index (χ0n) is 25.0. The van der Waals surface area contributed by atoms with Crippen LogP contribution in [0.25, 0.3) is 11.0 Å². The summed E-state index contributed by atoms with van der Waals surface area (Å²) in [6, 6.07) is 4.23.